The van der Waals surface area contributed by atoms with E-state index in [1.54, 1.807) is 12.4 Å². The van der Waals surface area contributed by atoms with E-state index in [9.17, 15) is 29.1 Å². The number of hydrogen-bond donors (Lipinski definition) is 7. The van der Waals surface area contributed by atoms with Crippen molar-refractivity contribution in [3.63, 3.8) is 0 Å². The standard InChI is InChI=1S/C32H37N7O6/c33-22(11-12-28(34)40)31(43)39-13-5-10-27(39)30(42)37-25(14-18-16-35-23-8-3-1-6-20(18)23)29(41)38-26(32(44)45)15-19-17-36-24-9-4-2-7-21(19)24/h1-4,6-9,16-17,22,25-27,35-36H,5,10-15,33H2,(H2,34,40)(H,37,42)(H,38,41)(H,44,45). The fraction of sp³-hybridized carbons (Fsp3) is 0.344. The second-order valence-corrected chi connectivity index (χ2v) is 11.4. The van der Waals surface area contributed by atoms with Gasteiger partial charge in [0.2, 0.25) is 23.6 Å². The second-order valence-electron chi connectivity index (χ2n) is 11.4. The lowest BCUT2D eigenvalue weighted by Crippen LogP contribution is -2.57. The van der Waals surface area contributed by atoms with Crippen molar-refractivity contribution in [2.45, 2.75) is 62.7 Å². The molecule has 13 nitrogen and oxygen atoms in total. The molecule has 9 N–H and O–H groups in total. The van der Waals surface area contributed by atoms with E-state index in [-0.39, 0.29) is 25.7 Å². The monoisotopic (exact) mass is 615 g/mol. The third-order valence-corrected chi connectivity index (χ3v) is 8.30. The molecule has 236 valence electrons. The van der Waals surface area contributed by atoms with E-state index >= 15 is 0 Å². The molecule has 3 heterocycles. The summed E-state index contributed by atoms with van der Waals surface area (Å²) in [5.74, 6) is -3.50. The Morgan fingerprint density at radius 1 is 0.889 bits per heavy atom. The Hall–Kier alpha value is -5.17. The van der Waals surface area contributed by atoms with Crippen molar-refractivity contribution in [2.75, 3.05) is 6.54 Å². The highest BCUT2D eigenvalue weighted by Crippen LogP contribution is 2.23. The highest BCUT2D eigenvalue weighted by Gasteiger charge is 2.38. The summed E-state index contributed by atoms with van der Waals surface area (Å²) in [5.41, 5.74) is 14.4. The summed E-state index contributed by atoms with van der Waals surface area (Å²) in [6.45, 7) is 0.298. The van der Waals surface area contributed by atoms with Gasteiger partial charge in [0.1, 0.15) is 18.1 Å². The highest BCUT2D eigenvalue weighted by molar-refractivity contribution is 5.95. The van der Waals surface area contributed by atoms with Crippen molar-refractivity contribution in [3.8, 4) is 0 Å². The van der Waals surface area contributed by atoms with E-state index in [0.29, 0.717) is 19.4 Å². The van der Waals surface area contributed by atoms with Crippen LogP contribution in [0.4, 0.5) is 0 Å². The van der Waals surface area contributed by atoms with Crippen LogP contribution in [0.25, 0.3) is 21.8 Å². The van der Waals surface area contributed by atoms with Gasteiger partial charge in [-0.2, -0.15) is 0 Å². The van der Waals surface area contributed by atoms with Crippen LogP contribution in [-0.2, 0) is 36.8 Å². The lowest BCUT2D eigenvalue weighted by Gasteiger charge is -2.28. The molecule has 1 saturated heterocycles. The first kappa shape index (κ1) is 31.3. The van der Waals surface area contributed by atoms with Crippen molar-refractivity contribution in [1.29, 1.82) is 0 Å². The summed E-state index contributed by atoms with van der Waals surface area (Å²) in [4.78, 5) is 71.7. The molecule has 4 atom stereocenters. The fourth-order valence-corrected chi connectivity index (χ4v) is 5.93. The summed E-state index contributed by atoms with van der Waals surface area (Å²) >= 11 is 0. The number of aromatic nitrogens is 2. The van der Waals surface area contributed by atoms with Gasteiger partial charge in [0.05, 0.1) is 6.04 Å². The minimum absolute atomic E-state index is 0.0208. The summed E-state index contributed by atoms with van der Waals surface area (Å²) in [6, 6.07) is 10.7. The number of carbonyl (C=O) groups is 5. The van der Waals surface area contributed by atoms with Gasteiger partial charge in [0, 0.05) is 60.0 Å². The van der Waals surface area contributed by atoms with Crippen LogP contribution in [0.15, 0.2) is 60.9 Å². The number of nitrogens with zero attached hydrogens (tertiary/aromatic N) is 1. The van der Waals surface area contributed by atoms with Gasteiger partial charge in [0.25, 0.3) is 0 Å². The van der Waals surface area contributed by atoms with Gasteiger partial charge in [-0.25, -0.2) is 4.79 Å². The van der Waals surface area contributed by atoms with Crippen molar-refractivity contribution in [2.24, 2.45) is 11.5 Å². The molecule has 0 bridgehead atoms. The van der Waals surface area contributed by atoms with Crippen LogP contribution in [0.2, 0.25) is 0 Å². The first-order chi connectivity index (χ1) is 21.6. The molecule has 2 aromatic heterocycles. The normalized spacial score (nSPS) is 16.7. The average Bonchev–Trinajstić information content (AvgIpc) is 3.78. The zero-order valence-corrected chi connectivity index (χ0v) is 24.6. The van der Waals surface area contributed by atoms with Crippen molar-refractivity contribution in [3.05, 3.63) is 72.1 Å². The maximum atomic E-state index is 13.8. The Balaban J connectivity index is 1.36. The summed E-state index contributed by atoms with van der Waals surface area (Å²) < 4.78 is 0. The van der Waals surface area contributed by atoms with Crippen molar-refractivity contribution in [1.82, 2.24) is 25.5 Å². The Bertz CT molecular complexity index is 1730. The van der Waals surface area contributed by atoms with Gasteiger partial charge < -0.3 is 42.1 Å². The minimum Gasteiger partial charge on any atom is -0.480 e. The number of amides is 4. The lowest BCUT2D eigenvalue weighted by atomic mass is 10.0. The maximum absolute atomic E-state index is 13.8. The Labute approximate surface area is 258 Å². The molecule has 2 aromatic carbocycles. The largest absolute Gasteiger partial charge is 0.480 e. The molecule has 5 rings (SSSR count). The van der Waals surface area contributed by atoms with Crippen molar-refractivity contribution >= 4 is 51.4 Å². The van der Waals surface area contributed by atoms with Crippen molar-refractivity contribution < 1.29 is 29.1 Å². The third-order valence-electron chi connectivity index (χ3n) is 8.30. The van der Waals surface area contributed by atoms with Crippen LogP contribution in [0, 0.1) is 0 Å². The van der Waals surface area contributed by atoms with Gasteiger partial charge in [-0.1, -0.05) is 36.4 Å². The zero-order chi connectivity index (χ0) is 32.1. The number of carbonyl (C=O) groups excluding carboxylic acids is 4. The molecule has 0 spiro atoms. The number of nitrogens with one attached hydrogen (secondary N) is 4. The van der Waals surface area contributed by atoms with E-state index in [2.05, 4.69) is 20.6 Å². The summed E-state index contributed by atoms with van der Waals surface area (Å²) in [7, 11) is 0. The molecule has 1 fully saturated rings. The average molecular weight is 616 g/mol. The Morgan fingerprint density at radius 3 is 2.04 bits per heavy atom. The van der Waals surface area contributed by atoms with Crippen LogP contribution in [0.3, 0.4) is 0 Å². The molecule has 4 unspecified atom stereocenters. The molecule has 45 heavy (non-hydrogen) atoms. The van der Waals surface area contributed by atoms with Gasteiger partial charge in [-0.15, -0.1) is 0 Å². The molecular formula is C32H37N7O6. The number of rotatable bonds is 13. The smallest absolute Gasteiger partial charge is 0.326 e. The molecule has 13 heteroatoms. The van der Waals surface area contributed by atoms with Gasteiger partial charge in [0.15, 0.2) is 0 Å². The number of carboxylic acid groups (broad SMARTS) is 1. The van der Waals surface area contributed by atoms with Gasteiger partial charge >= 0.3 is 5.97 Å². The number of benzene rings is 2. The van der Waals surface area contributed by atoms with E-state index in [4.69, 9.17) is 11.5 Å². The Morgan fingerprint density at radius 2 is 1.47 bits per heavy atom. The van der Waals surface area contributed by atoms with Crippen LogP contribution < -0.4 is 22.1 Å². The number of para-hydroxylation sites is 2. The molecule has 1 aliphatic rings. The van der Waals surface area contributed by atoms with E-state index in [0.717, 1.165) is 32.9 Å². The molecule has 4 aromatic rings. The zero-order valence-electron chi connectivity index (χ0n) is 24.6. The SMILES string of the molecule is NC(=O)CCC(N)C(=O)N1CCCC1C(=O)NC(Cc1c[nH]c2ccccc12)C(=O)NC(Cc1c[nH]c2ccccc12)C(=O)O. The predicted octanol–water partition coefficient (Wildman–Crippen LogP) is 1.07. The Kier molecular flexibility index (Phi) is 9.48. The number of aliphatic carboxylic acids is 1. The van der Waals surface area contributed by atoms with Gasteiger partial charge in [-0.05, 0) is 42.5 Å². The topological polar surface area (TPSA) is 216 Å². The minimum atomic E-state index is -1.27. The number of carboxylic acids is 1. The molecule has 0 saturated carbocycles. The van der Waals surface area contributed by atoms with E-state index < -0.39 is 53.8 Å². The first-order valence-electron chi connectivity index (χ1n) is 14.9. The maximum Gasteiger partial charge on any atom is 0.326 e. The number of fused-ring (bicyclic) bond motifs is 2. The number of nitrogens with two attached hydrogens (primary N) is 2. The number of likely N-dealkylation sites (tertiary alicyclic amines) is 1. The lowest BCUT2D eigenvalue weighted by molar-refractivity contribution is -0.143. The summed E-state index contributed by atoms with van der Waals surface area (Å²) in [5, 5.41) is 17.2. The highest BCUT2D eigenvalue weighted by atomic mass is 16.4. The van der Waals surface area contributed by atoms with Gasteiger partial charge in [-0.3, -0.25) is 19.2 Å². The molecule has 1 aliphatic heterocycles. The molecule has 4 amide bonds. The number of aromatic amines is 2. The number of H-pyrrole nitrogens is 2. The number of hydrogen-bond acceptors (Lipinski definition) is 6. The van der Waals surface area contributed by atoms with Crippen LogP contribution in [0.1, 0.15) is 36.8 Å². The predicted molar refractivity (Wildman–Crippen MR) is 167 cm³/mol. The molecule has 0 radical (unpaired) electrons. The fourth-order valence-electron chi connectivity index (χ4n) is 5.93. The van der Waals surface area contributed by atoms with Crippen LogP contribution in [0.5, 0.6) is 0 Å². The van der Waals surface area contributed by atoms with Crippen LogP contribution >= 0.6 is 0 Å². The van der Waals surface area contributed by atoms with Crippen LogP contribution in [-0.4, -0.2) is 80.3 Å². The second kappa shape index (κ2) is 13.6. The number of primary amides is 1. The third kappa shape index (κ3) is 7.15. The quantitative estimate of drug-likeness (QED) is 0.116. The van der Waals surface area contributed by atoms with E-state index in [1.165, 1.54) is 4.90 Å². The summed E-state index contributed by atoms with van der Waals surface area (Å²) in [6.07, 6.45) is 4.47. The van der Waals surface area contributed by atoms with E-state index in [1.807, 2.05) is 48.5 Å². The molecular weight excluding hydrogens is 578 g/mol. The molecule has 0 aliphatic carbocycles. The first-order valence-corrected chi connectivity index (χ1v) is 14.9.